The van der Waals surface area contributed by atoms with Gasteiger partial charge in [-0.2, -0.15) is 0 Å². The summed E-state index contributed by atoms with van der Waals surface area (Å²) in [4.78, 5) is 25.4. The van der Waals surface area contributed by atoms with Gasteiger partial charge in [0, 0.05) is 12.6 Å². The second kappa shape index (κ2) is 6.12. The van der Waals surface area contributed by atoms with E-state index in [0.717, 1.165) is 5.56 Å². The fraction of sp³-hybridized carbons (Fsp3) is 0.412. The van der Waals surface area contributed by atoms with Crippen molar-refractivity contribution in [2.24, 2.45) is 5.41 Å². The smallest absolute Gasteiger partial charge is 0.414 e. The Bertz CT molecular complexity index is 543. The maximum Gasteiger partial charge on any atom is 0.414 e. The molecule has 1 aliphatic heterocycles. The highest BCUT2D eigenvalue weighted by Gasteiger charge is 2.36. The van der Waals surface area contributed by atoms with Gasteiger partial charge in [-0.25, -0.2) is 4.79 Å². The molecule has 4 nitrogen and oxygen atoms in total. The van der Waals surface area contributed by atoms with E-state index in [1.807, 2.05) is 51.1 Å². The van der Waals surface area contributed by atoms with Crippen LogP contribution in [0.15, 0.2) is 42.6 Å². The first-order valence-electron chi connectivity index (χ1n) is 7.08. The van der Waals surface area contributed by atoms with Crippen LogP contribution in [0.5, 0.6) is 0 Å². The second-order valence-electron chi connectivity index (χ2n) is 6.32. The van der Waals surface area contributed by atoms with Gasteiger partial charge in [-0.15, -0.1) is 0 Å². The molecule has 0 saturated carbocycles. The zero-order valence-electron chi connectivity index (χ0n) is 12.7. The van der Waals surface area contributed by atoms with Crippen LogP contribution in [-0.4, -0.2) is 22.8 Å². The van der Waals surface area contributed by atoms with Crippen LogP contribution in [0.2, 0.25) is 0 Å². The van der Waals surface area contributed by atoms with Gasteiger partial charge in [0.15, 0.2) is 5.78 Å². The topological polar surface area (TPSA) is 46.6 Å². The van der Waals surface area contributed by atoms with Crippen molar-refractivity contribution in [3.63, 3.8) is 0 Å². The molecule has 0 bridgehead atoms. The molecule has 0 aliphatic carbocycles. The van der Waals surface area contributed by atoms with Crippen LogP contribution in [0.3, 0.4) is 0 Å². The van der Waals surface area contributed by atoms with Crippen molar-refractivity contribution in [2.45, 2.75) is 39.8 Å². The maximum atomic E-state index is 12.3. The Morgan fingerprint density at radius 2 is 1.95 bits per heavy atom. The first kappa shape index (κ1) is 15.3. The third-order valence-corrected chi connectivity index (χ3v) is 3.57. The normalized spacial score (nSPS) is 18.7. The Hall–Kier alpha value is -2.10. The molecule has 0 fully saturated rings. The number of carbonyl (C=O) groups excluding carboxylic acids is 2. The van der Waals surface area contributed by atoms with Crippen molar-refractivity contribution in [1.29, 1.82) is 0 Å². The first-order valence-corrected chi connectivity index (χ1v) is 7.08. The van der Waals surface area contributed by atoms with E-state index in [4.69, 9.17) is 4.74 Å². The molecule has 0 spiro atoms. The lowest BCUT2D eigenvalue weighted by molar-refractivity contribution is -0.117. The molecular formula is C17H21NO3. The summed E-state index contributed by atoms with van der Waals surface area (Å²) in [6, 6.07) is 9.35. The predicted octanol–water partition coefficient (Wildman–Crippen LogP) is 3.53. The van der Waals surface area contributed by atoms with Crippen molar-refractivity contribution in [2.75, 3.05) is 0 Å². The van der Waals surface area contributed by atoms with Crippen molar-refractivity contribution < 1.29 is 14.3 Å². The van der Waals surface area contributed by atoms with Gasteiger partial charge in [-0.3, -0.25) is 9.69 Å². The standard InChI is InChI=1S/C17H21NO3/c1-17(2,3)15-11-14(19)9-10-18(15)16(20)21-12-13-7-5-4-6-8-13/h4-10,15H,11-12H2,1-3H3/t15-/m1/s1. The minimum atomic E-state index is -0.414. The Labute approximate surface area is 125 Å². The van der Waals surface area contributed by atoms with Crippen molar-refractivity contribution >= 4 is 11.9 Å². The number of ketones is 1. The quantitative estimate of drug-likeness (QED) is 0.836. The minimum absolute atomic E-state index is 0.0436. The molecule has 0 N–H and O–H groups in total. The van der Waals surface area contributed by atoms with Gasteiger partial charge in [-0.05, 0) is 17.1 Å². The number of hydrogen-bond donors (Lipinski definition) is 0. The molecule has 0 unspecified atom stereocenters. The Kier molecular flexibility index (Phi) is 4.46. The molecule has 112 valence electrons. The number of nitrogens with zero attached hydrogens (tertiary/aromatic N) is 1. The van der Waals surface area contributed by atoms with E-state index in [-0.39, 0.29) is 23.8 Å². The molecule has 1 aliphatic rings. The summed E-state index contributed by atoms with van der Waals surface area (Å²) in [5.74, 6) is 0.0436. The lowest BCUT2D eigenvalue weighted by Gasteiger charge is -2.39. The molecule has 2 rings (SSSR count). The zero-order chi connectivity index (χ0) is 15.5. The summed E-state index contributed by atoms with van der Waals surface area (Å²) >= 11 is 0. The highest BCUT2D eigenvalue weighted by molar-refractivity contribution is 5.92. The van der Waals surface area contributed by atoms with Crippen LogP contribution in [0.1, 0.15) is 32.8 Å². The van der Waals surface area contributed by atoms with Crippen molar-refractivity contribution in [3.05, 3.63) is 48.2 Å². The molecular weight excluding hydrogens is 266 g/mol. The first-order chi connectivity index (χ1) is 9.88. The van der Waals surface area contributed by atoms with Crippen LogP contribution in [0.25, 0.3) is 0 Å². The average Bonchev–Trinajstić information content (AvgIpc) is 2.45. The number of rotatable bonds is 2. The molecule has 1 amide bonds. The molecule has 1 atom stereocenters. The summed E-state index contributed by atoms with van der Waals surface area (Å²) in [7, 11) is 0. The lowest BCUT2D eigenvalue weighted by Crippen LogP contribution is -2.47. The number of amides is 1. The van der Waals surface area contributed by atoms with Gasteiger partial charge < -0.3 is 4.74 Å². The average molecular weight is 287 g/mol. The van der Waals surface area contributed by atoms with Crippen LogP contribution >= 0.6 is 0 Å². The van der Waals surface area contributed by atoms with E-state index in [2.05, 4.69) is 0 Å². The monoisotopic (exact) mass is 287 g/mol. The largest absolute Gasteiger partial charge is 0.444 e. The SMILES string of the molecule is CC(C)(C)[C@H]1CC(=O)C=CN1C(=O)OCc1ccccc1. The van der Waals surface area contributed by atoms with Gasteiger partial charge in [-0.1, -0.05) is 51.1 Å². The molecule has 1 aromatic carbocycles. The number of ether oxygens (including phenoxy) is 1. The third-order valence-electron chi connectivity index (χ3n) is 3.57. The van der Waals surface area contributed by atoms with Crippen molar-refractivity contribution in [1.82, 2.24) is 4.90 Å². The summed E-state index contributed by atoms with van der Waals surface area (Å²) in [6.45, 7) is 6.28. The van der Waals surface area contributed by atoms with Crippen LogP contribution in [-0.2, 0) is 16.1 Å². The summed E-state index contributed by atoms with van der Waals surface area (Å²) in [5, 5.41) is 0. The summed E-state index contributed by atoms with van der Waals surface area (Å²) < 4.78 is 5.35. The number of benzene rings is 1. The number of allylic oxidation sites excluding steroid dienone is 1. The minimum Gasteiger partial charge on any atom is -0.444 e. The predicted molar refractivity (Wildman–Crippen MR) is 80.5 cm³/mol. The maximum absolute atomic E-state index is 12.3. The number of carbonyl (C=O) groups is 2. The molecule has 21 heavy (non-hydrogen) atoms. The van der Waals surface area contributed by atoms with E-state index in [1.165, 1.54) is 17.2 Å². The third kappa shape index (κ3) is 3.94. The number of hydrogen-bond acceptors (Lipinski definition) is 3. The molecule has 0 radical (unpaired) electrons. The van der Waals surface area contributed by atoms with Crippen LogP contribution < -0.4 is 0 Å². The molecule has 0 saturated heterocycles. The fourth-order valence-corrected chi connectivity index (χ4v) is 2.33. The Morgan fingerprint density at radius 3 is 2.57 bits per heavy atom. The second-order valence-corrected chi connectivity index (χ2v) is 6.32. The van der Waals surface area contributed by atoms with E-state index in [1.54, 1.807) is 0 Å². The van der Waals surface area contributed by atoms with E-state index in [0.29, 0.717) is 6.42 Å². The summed E-state index contributed by atoms with van der Waals surface area (Å²) in [5.41, 5.74) is 0.752. The van der Waals surface area contributed by atoms with Gasteiger partial charge in [0.25, 0.3) is 0 Å². The Balaban J connectivity index is 2.06. The van der Waals surface area contributed by atoms with Crippen LogP contribution in [0.4, 0.5) is 4.79 Å². The van der Waals surface area contributed by atoms with Crippen LogP contribution in [0, 0.1) is 5.41 Å². The molecule has 0 aromatic heterocycles. The zero-order valence-corrected chi connectivity index (χ0v) is 12.7. The van der Waals surface area contributed by atoms with Gasteiger partial charge in [0.1, 0.15) is 6.61 Å². The van der Waals surface area contributed by atoms with E-state index in [9.17, 15) is 9.59 Å². The highest BCUT2D eigenvalue weighted by atomic mass is 16.6. The van der Waals surface area contributed by atoms with Gasteiger partial charge in [0.2, 0.25) is 0 Å². The van der Waals surface area contributed by atoms with E-state index < -0.39 is 6.09 Å². The highest BCUT2D eigenvalue weighted by Crippen LogP contribution is 2.30. The van der Waals surface area contributed by atoms with Crippen molar-refractivity contribution in [3.8, 4) is 0 Å². The molecule has 1 heterocycles. The molecule has 1 aromatic rings. The van der Waals surface area contributed by atoms with E-state index >= 15 is 0 Å². The summed E-state index contributed by atoms with van der Waals surface area (Å²) in [6.07, 6.45) is 2.89. The Morgan fingerprint density at radius 1 is 1.29 bits per heavy atom. The molecule has 4 heteroatoms. The van der Waals surface area contributed by atoms with Gasteiger partial charge in [0.05, 0.1) is 6.04 Å². The van der Waals surface area contributed by atoms with Gasteiger partial charge >= 0.3 is 6.09 Å². The lowest BCUT2D eigenvalue weighted by atomic mass is 9.82. The fourth-order valence-electron chi connectivity index (χ4n) is 2.33.